The molecule has 1 N–H and O–H groups in total. The Labute approximate surface area is 177 Å². The van der Waals surface area contributed by atoms with Crippen molar-refractivity contribution < 1.29 is 9.53 Å². The predicted octanol–water partition coefficient (Wildman–Crippen LogP) is 5.51. The van der Waals surface area contributed by atoms with Crippen LogP contribution in [0.1, 0.15) is 23.6 Å². The number of carbonyl (C=O) groups excluding carboxylic acids is 1. The van der Waals surface area contributed by atoms with Gasteiger partial charge in [-0.2, -0.15) is 0 Å². The minimum atomic E-state index is -0.644. The van der Waals surface area contributed by atoms with E-state index in [0.29, 0.717) is 15.9 Å². The highest BCUT2D eigenvalue weighted by Gasteiger charge is 2.18. The summed E-state index contributed by atoms with van der Waals surface area (Å²) in [5.41, 5.74) is 3.29. The first-order valence-corrected chi connectivity index (χ1v) is 10.8. The Balaban J connectivity index is 1.54. The van der Waals surface area contributed by atoms with Crippen LogP contribution in [0.5, 0.6) is 5.75 Å². The first kappa shape index (κ1) is 20.6. The number of hydrogen-bond acceptors (Lipinski definition) is 6. The van der Waals surface area contributed by atoms with E-state index in [-0.39, 0.29) is 5.91 Å². The summed E-state index contributed by atoms with van der Waals surface area (Å²) in [6, 6.07) is 13.5. The molecule has 0 aliphatic carbocycles. The summed E-state index contributed by atoms with van der Waals surface area (Å²) in [6.45, 7) is 5.70. The standard InChI is InChI=1S/C20H20ClN3O2S2/c1-12-5-4-6-17(13(12)2)26-14(3)18(25)22-19-23-24-20(28-19)27-11-15-7-9-16(21)10-8-15/h4-10,14H,11H2,1-3H3,(H,22,23,25). The Morgan fingerprint density at radius 3 is 2.71 bits per heavy atom. The SMILES string of the molecule is Cc1cccc(OC(C)C(=O)Nc2nnc(SCc3ccc(Cl)cc3)s2)c1C. The van der Waals surface area contributed by atoms with Crippen molar-refractivity contribution in [3.05, 3.63) is 64.2 Å². The number of nitrogens with one attached hydrogen (secondary N) is 1. The molecule has 1 heterocycles. The number of benzene rings is 2. The molecule has 5 nitrogen and oxygen atoms in total. The normalized spacial score (nSPS) is 11.9. The molecule has 1 unspecified atom stereocenters. The summed E-state index contributed by atoms with van der Waals surface area (Å²) in [7, 11) is 0. The monoisotopic (exact) mass is 433 g/mol. The third kappa shape index (κ3) is 5.47. The van der Waals surface area contributed by atoms with Crippen LogP contribution in [0.3, 0.4) is 0 Å². The molecule has 0 spiro atoms. The van der Waals surface area contributed by atoms with Crippen molar-refractivity contribution in [2.24, 2.45) is 0 Å². The number of hydrogen-bond donors (Lipinski definition) is 1. The van der Waals surface area contributed by atoms with Crippen molar-refractivity contribution in [3.63, 3.8) is 0 Å². The smallest absolute Gasteiger partial charge is 0.266 e. The average molecular weight is 434 g/mol. The van der Waals surface area contributed by atoms with Crippen molar-refractivity contribution in [2.75, 3.05) is 5.32 Å². The largest absolute Gasteiger partial charge is 0.481 e. The summed E-state index contributed by atoms with van der Waals surface area (Å²) in [5, 5.41) is 12.1. The second kappa shape index (κ2) is 9.41. The van der Waals surface area contributed by atoms with Gasteiger partial charge in [-0.1, -0.05) is 59.0 Å². The second-order valence-electron chi connectivity index (χ2n) is 6.24. The lowest BCUT2D eigenvalue weighted by Gasteiger charge is -2.16. The maximum absolute atomic E-state index is 12.4. The van der Waals surface area contributed by atoms with E-state index in [4.69, 9.17) is 16.3 Å². The highest BCUT2D eigenvalue weighted by molar-refractivity contribution is 8.00. The maximum atomic E-state index is 12.4. The lowest BCUT2D eigenvalue weighted by atomic mass is 10.1. The van der Waals surface area contributed by atoms with Gasteiger partial charge in [-0.05, 0) is 55.7 Å². The molecule has 1 atom stereocenters. The van der Waals surface area contributed by atoms with Crippen LogP contribution in [0.25, 0.3) is 0 Å². The van der Waals surface area contributed by atoms with E-state index < -0.39 is 6.10 Å². The van der Waals surface area contributed by atoms with Gasteiger partial charge >= 0.3 is 0 Å². The molecular weight excluding hydrogens is 414 g/mol. The molecule has 146 valence electrons. The fourth-order valence-electron chi connectivity index (χ4n) is 2.35. The number of aryl methyl sites for hydroxylation is 1. The zero-order valence-corrected chi connectivity index (χ0v) is 18.1. The molecule has 0 bridgehead atoms. The third-order valence-corrected chi connectivity index (χ3v) is 6.44. The maximum Gasteiger partial charge on any atom is 0.266 e. The number of thioether (sulfide) groups is 1. The number of anilines is 1. The summed E-state index contributed by atoms with van der Waals surface area (Å²) < 4.78 is 6.60. The Bertz CT molecular complexity index is 960. The average Bonchev–Trinajstić information content (AvgIpc) is 3.12. The molecule has 0 saturated heterocycles. The van der Waals surface area contributed by atoms with E-state index in [0.717, 1.165) is 26.8 Å². The van der Waals surface area contributed by atoms with Crippen LogP contribution in [0.4, 0.5) is 5.13 Å². The fraction of sp³-hybridized carbons (Fsp3) is 0.250. The van der Waals surface area contributed by atoms with Crippen LogP contribution in [0.15, 0.2) is 46.8 Å². The van der Waals surface area contributed by atoms with Crippen molar-refractivity contribution in [2.45, 2.75) is 37.0 Å². The molecule has 0 aliphatic heterocycles. The lowest BCUT2D eigenvalue weighted by molar-refractivity contribution is -0.122. The first-order valence-electron chi connectivity index (χ1n) is 8.67. The molecular formula is C20H20ClN3O2S2. The predicted molar refractivity (Wildman–Crippen MR) is 116 cm³/mol. The fourth-order valence-corrected chi connectivity index (χ4v) is 4.18. The summed E-state index contributed by atoms with van der Waals surface area (Å²) in [6.07, 6.45) is -0.644. The summed E-state index contributed by atoms with van der Waals surface area (Å²) in [4.78, 5) is 12.4. The highest BCUT2D eigenvalue weighted by atomic mass is 35.5. The van der Waals surface area contributed by atoms with Gasteiger partial charge < -0.3 is 4.74 Å². The molecule has 0 fully saturated rings. The van der Waals surface area contributed by atoms with E-state index in [2.05, 4.69) is 15.5 Å². The molecule has 1 amide bonds. The van der Waals surface area contributed by atoms with Gasteiger partial charge in [0.25, 0.3) is 5.91 Å². The minimum absolute atomic E-state index is 0.258. The van der Waals surface area contributed by atoms with Crippen LogP contribution in [0, 0.1) is 13.8 Å². The van der Waals surface area contributed by atoms with Gasteiger partial charge in [-0.25, -0.2) is 0 Å². The number of halogens is 1. The molecule has 0 saturated carbocycles. The molecule has 1 aromatic heterocycles. The number of aromatic nitrogens is 2. The molecule has 8 heteroatoms. The topological polar surface area (TPSA) is 64.1 Å². The van der Waals surface area contributed by atoms with Crippen LogP contribution in [0.2, 0.25) is 5.02 Å². The number of carbonyl (C=O) groups is 1. The molecule has 0 aliphatic rings. The van der Waals surface area contributed by atoms with Gasteiger partial charge in [0, 0.05) is 10.8 Å². The number of amides is 1. The van der Waals surface area contributed by atoms with Gasteiger partial charge in [-0.15, -0.1) is 10.2 Å². The van der Waals surface area contributed by atoms with Gasteiger partial charge in [0.15, 0.2) is 10.4 Å². The highest BCUT2D eigenvalue weighted by Crippen LogP contribution is 2.29. The molecule has 2 aromatic carbocycles. The van der Waals surface area contributed by atoms with Crippen molar-refractivity contribution in [3.8, 4) is 5.75 Å². The third-order valence-electron chi connectivity index (χ3n) is 4.14. The first-order chi connectivity index (χ1) is 13.4. The van der Waals surface area contributed by atoms with E-state index in [1.165, 1.54) is 11.3 Å². The summed E-state index contributed by atoms with van der Waals surface area (Å²) in [5.74, 6) is 1.21. The van der Waals surface area contributed by atoms with E-state index in [9.17, 15) is 4.79 Å². The van der Waals surface area contributed by atoms with Crippen LogP contribution in [-0.4, -0.2) is 22.2 Å². The van der Waals surface area contributed by atoms with Crippen LogP contribution in [-0.2, 0) is 10.5 Å². The molecule has 28 heavy (non-hydrogen) atoms. The van der Waals surface area contributed by atoms with Gasteiger partial charge in [0.2, 0.25) is 5.13 Å². The number of rotatable bonds is 7. The molecule has 3 aromatic rings. The Morgan fingerprint density at radius 2 is 1.96 bits per heavy atom. The van der Waals surface area contributed by atoms with Crippen molar-refractivity contribution in [1.29, 1.82) is 0 Å². The number of ether oxygens (including phenoxy) is 1. The van der Waals surface area contributed by atoms with Gasteiger partial charge in [-0.3, -0.25) is 10.1 Å². The van der Waals surface area contributed by atoms with Gasteiger partial charge in [0.1, 0.15) is 5.75 Å². The number of nitrogens with zero attached hydrogens (tertiary/aromatic N) is 2. The molecule has 0 radical (unpaired) electrons. The lowest BCUT2D eigenvalue weighted by Crippen LogP contribution is -2.30. The van der Waals surface area contributed by atoms with Crippen molar-refractivity contribution >= 4 is 45.7 Å². The second-order valence-corrected chi connectivity index (χ2v) is 8.87. The quantitative estimate of drug-likeness (QED) is 0.393. The Kier molecular flexibility index (Phi) is 6.93. The van der Waals surface area contributed by atoms with Gasteiger partial charge in [0.05, 0.1) is 0 Å². The van der Waals surface area contributed by atoms with E-state index in [1.54, 1.807) is 18.7 Å². The Hall–Kier alpha value is -2.09. The van der Waals surface area contributed by atoms with Crippen LogP contribution >= 0.6 is 34.7 Å². The van der Waals surface area contributed by atoms with Crippen molar-refractivity contribution in [1.82, 2.24) is 10.2 Å². The minimum Gasteiger partial charge on any atom is -0.481 e. The van der Waals surface area contributed by atoms with Crippen LogP contribution < -0.4 is 10.1 Å². The Morgan fingerprint density at radius 1 is 1.21 bits per heavy atom. The van der Waals surface area contributed by atoms with E-state index >= 15 is 0 Å². The zero-order chi connectivity index (χ0) is 20.1. The summed E-state index contributed by atoms with van der Waals surface area (Å²) >= 11 is 8.80. The van der Waals surface area contributed by atoms with E-state index in [1.807, 2.05) is 56.3 Å². The molecule has 3 rings (SSSR count). The zero-order valence-electron chi connectivity index (χ0n) is 15.7.